The van der Waals surface area contributed by atoms with Crippen molar-refractivity contribution in [1.82, 2.24) is 9.97 Å². The summed E-state index contributed by atoms with van der Waals surface area (Å²) < 4.78 is 0. The minimum absolute atomic E-state index is 0.807. The molecule has 11 heavy (non-hydrogen) atoms. The molecule has 2 heterocycles. The Kier molecular flexibility index (Phi) is 1.39. The smallest absolute Gasteiger partial charge is 0.143 e. The van der Waals surface area contributed by atoms with Crippen LogP contribution in [-0.4, -0.2) is 9.97 Å². The molecule has 0 fully saturated rings. The fraction of sp³-hybridized carbons (Fsp3) is 0.125. The maximum absolute atomic E-state index is 4.28. The maximum Gasteiger partial charge on any atom is 0.143 e. The van der Waals surface area contributed by atoms with Crippen LogP contribution in [0.25, 0.3) is 10.3 Å². The number of hydrogen-bond donors (Lipinski definition) is 0. The van der Waals surface area contributed by atoms with E-state index in [1.165, 1.54) is 0 Å². The van der Waals surface area contributed by atoms with Gasteiger partial charge in [0.2, 0.25) is 0 Å². The van der Waals surface area contributed by atoms with Crippen LogP contribution in [-0.2, 0) is 0 Å². The molecular weight excluding hydrogens is 156 g/mol. The van der Waals surface area contributed by atoms with Gasteiger partial charge >= 0.3 is 0 Å². The lowest BCUT2D eigenvalue weighted by Crippen LogP contribution is -1.77. The summed E-state index contributed by atoms with van der Waals surface area (Å²) in [5.41, 5.74) is 1.78. The van der Waals surface area contributed by atoms with Crippen molar-refractivity contribution < 1.29 is 0 Å². The van der Waals surface area contributed by atoms with Crippen LogP contribution < -0.4 is 0 Å². The van der Waals surface area contributed by atoms with E-state index in [-0.39, 0.29) is 0 Å². The van der Waals surface area contributed by atoms with Crippen LogP contribution in [0.15, 0.2) is 12.1 Å². The van der Waals surface area contributed by atoms with E-state index in [2.05, 4.69) is 16.9 Å². The van der Waals surface area contributed by atoms with E-state index in [1.54, 1.807) is 11.3 Å². The number of nitrogens with zero attached hydrogens (tertiary/aromatic N) is 2. The van der Waals surface area contributed by atoms with Gasteiger partial charge in [0.05, 0.1) is 5.01 Å². The number of fused-ring (bicyclic) bond motifs is 1. The molecule has 2 rings (SSSR count). The Morgan fingerprint density at radius 2 is 2.18 bits per heavy atom. The zero-order valence-electron chi connectivity index (χ0n) is 6.16. The molecule has 0 amide bonds. The first kappa shape index (κ1) is 6.73. The third kappa shape index (κ3) is 1.12. The first-order chi connectivity index (χ1) is 5.25. The molecule has 0 aliphatic heterocycles. The van der Waals surface area contributed by atoms with E-state index in [0.29, 0.717) is 0 Å². The highest BCUT2D eigenvalue weighted by molar-refractivity contribution is 7.18. The van der Waals surface area contributed by atoms with Crippen molar-refractivity contribution in [2.75, 3.05) is 0 Å². The first-order valence-electron chi connectivity index (χ1n) is 3.32. The monoisotopic (exact) mass is 163 g/mol. The summed E-state index contributed by atoms with van der Waals surface area (Å²) in [5, 5.41) is 1.05. The van der Waals surface area contributed by atoms with Gasteiger partial charge in [-0.25, -0.2) is 9.97 Å². The maximum atomic E-state index is 4.28. The zero-order chi connectivity index (χ0) is 7.84. The van der Waals surface area contributed by atoms with Gasteiger partial charge in [-0.15, -0.1) is 0 Å². The second kappa shape index (κ2) is 2.27. The molecule has 0 bridgehead atoms. The Balaban J connectivity index is 2.82. The molecule has 2 aromatic heterocycles. The molecule has 0 saturated heterocycles. The number of thiazole rings is 1. The second-order valence-electron chi connectivity index (χ2n) is 2.36. The molecule has 2 aromatic rings. The number of aryl methyl sites for hydroxylation is 1. The standard InChI is InChI=1S/C8H7N2S/c1-5-3-4-7-8(9-5)11-6(2)10-7/h3-4H,1H2,2H3. The lowest BCUT2D eigenvalue weighted by molar-refractivity contribution is 1.31. The average molecular weight is 163 g/mol. The van der Waals surface area contributed by atoms with Crippen molar-refractivity contribution in [3.63, 3.8) is 0 Å². The van der Waals surface area contributed by atoms with Gasteiger partial charge in [-0.1, -0.05) is 11.3 Å². The van der Waals surface area contributed by atoms with Crippen molar-refractivity contribution in [3.05, 3.63) is 29.8 Å². The van der Waals surface area contributed by atoms with Crippen molar-refractivity contribution in [2.24, 2.45) is 0 Å². The van der Waals surface area contributed by atoms with Gasteiger partial charge in [-0.05, 0) is 26.0 Å². The Morgan fingerprint density at radius 1 is 1.36 bits per heavy atom. The summed E-state index contributed by atoms with van der Waals surface area (Å²) >= 11 is 1.60. The first-order valence-corrected chi connectivity index (χ1v) is 4.13. The second-order valence-corrected chi connectivity index (χ2v) is 3.54. The van der Waals surface area contributed by atoms with Crippen LogP contribution in [0.4, 0.5) is 0 Å². The van der Waals surface area contributed by atoms with Gasteiger partial charge in [0.1, 0.15) is 10.3 Å². The molecule has 0 saturated carbocycles. The molecule has 0 aromatic carbocycles. The Morgan fingerprint density at radius 3 is 3.00 bits per heavy atom. The van der Waals surface area contributed by atoms with E-state index in [4.69, 9.17) is 0 Å². The van der Waals surface area contributed by atoms with Crippen molar-refractivity contribution in [2.45, 2.75) is 6.92 Å². The molecule has 0 spiro atoms. The van der Waals surface area contributed by atoms with E-state index >= 15 is 0 Å². The van der Waals surface area contributed by atoms with Gasteiger partial charge in [0, 0.05) is 5.69 Å². The SMILES string of the molecule is [CH2]c1ccc2nc(C)sc2n1. The van der Waals surface area contributed by atoms with Crippen LogP contribution in [0.1, 0.15) is 10.7 Å². The van der Waals surface area contributed by atoms with E-state index in [1.807, 2.05) is 19.1 Å². The van der Waals surface area contributed by atoms with Gasteiger partial charge < -0.3 is 0 Å². The average Bonchev–Trinajstić information content (AvgIpc) is 2.27. The van der Waals surface area contributed by atoms with Gasteiger partial charge in [-0.2, -0.15) is 0 Å². The summed E-state index contributed by atoms with van der Waals surface area (Å²) in [7, 11) is 0. The predicted molar refractivity (Wildman–Crippen MR) is 46.6 cm³/mol. The molecular formula is C8H7N2S. The molecule has 0 N–H and O–H groups in total. The van der Waals surface area contributed by atoms with Crippen LogP contribution in [0.2, 0.25) is 0 Å². The highest BCUT2D eigenvalue weighted by Crippen LogP contribution is 2.18. The molecule has 1 radical (unpaired) electrons. The summed E-state index contributed by atoms with van der Waals surface area (Å²) in [4.78, 5) is 9.51. The molecule has 2 nitrogen and oxygen atoms in total. The van der Waals surface area contributed by atoms with Gasteiger partial charge in [0.15, 0.2) is 0 Å². The summed E-state index contributed by atoms with van der Waals surface area (Å²) in [6.07, 6.45) is 0. The predicted octanol–water partition coefficient (Wildman–Crippen LogP) is 2.18. The molecule has 0 aliphatic carbocycles. The summed E-state index contributed by atoms with van der Waals surface area (Å²) in [6.45, 7) is 5.73. The quantitative estimate of drug-likeness (QED) is 0.595. The van der Waals surface area contributed by atoms with Crippen molar-refractivity contribution in [3.8, 4) is 0 Å². The number of pyridine rings is 1. The lowest BCUT2D eigenvalue weighted by Gasteiger charge is -1.87. The van der Waals surface area contributed by atoms with Crippen LogP contribution in [0, 0.1) is 13.8 Å². The topological polar surface area (TPSA) is 25.8 Å². The molecule has 3 heteroatoms. The van der Waals surface area contributed by atoms with Crippen molar-refractivity contribution in [1.29, 1.82) is 0 Å². The minimum Gasteiger partial charge on any atom is -0.240 e. The van der Waals surface area contributed by atoms with Crippen molar-refractivity contribution >= 4 is 21.7 Å². The van der Waals surface area contributed by atoms with Crippen LogP contribution in [0.3, 0.4) is 0 Å². The fourth-order valence-corrected chi connectivity index (χ4v) is 1.77. The number of rotatable bonds is 0. The number of hydrogen-bond acceptors (Lipinski definition) is 3. The minimum atomic E-state index is 0.807. The van der Waals surface area contributed by atoms with Crippen LogP contribution >= 0.6 is 11.3 Å². The Hall–Kier alpha value is -0.960. The highest BCUT2D eigenvalue weighted by atomic mass is 32.1. The van der Waals surface area contributed by atoms with Crippen LogP contribution in [0.5, 0.6) is 0 Å². The zero-order valence-corrected chi connectivity index (χ0v) is 6.98. The van der Waals surface area contributed by atoms with E-state index in [0.717, 1.165) is 21.0 Å². The number of aromatic nitrogens is 2. The Labute approximate surface area is 68.9 Å². The molecule has 0 aliphatic rings. The summed E-state index contributed by atoms with van der Waals surface area (Å²) in [5.74, 6) is 0. The third-order valence-corrected chi connectivity index (χ3v) is 2.30. The Bertz CT molecular complexity index is 392. The lowest BCUT2D eigenvalue weighted by atomic mass is 10.4. The molecule has 0 atom stereocenters. The molecule has 55 valence electrons. The van der Waals surface area contributed by atoms with Gasteiger partial charge in [0.25, 0.3) is 0 Å². The summed E-state index contributed by atoms with van der Waals surface area (Å²) in [6, 6.07) is 3.83. The highest BCUT2D eigenvalue weighted by Gasteiger charge is 1.99. The van der Waals surface area contributed by atoms with E-state index < -0.39 is 0 Å². The van der Waals surface area contributed by atoms with Gasteiger partial charge in [-0.3, -0.25) is 0 Å². The molecule has 0 unspecified atom stereocenters. The largest absolute Gasteiger partial charge is 0.240 e. The fourth-order valence-electron chi connectivity index (χ4n) is 0.964. The van der Waals surface area contributed by atoms with E-state index in [9.17, 15) is 0 Å². The third-order valence-electron chi connectivity index (χ3n) is 1.42. The normalized spacial score (nSPS) is 10.7.